The Morgan fingerprint density at radius 1 is 1.24 bits per heavy atom. The van der Waals surface area contributed by atoms with E-state index in [1.165, 1.54) is 0 Å². The number of hydrogen-bond donors (Lipinski definition) is 1. The van der Waals surface area contributed by atoms with Crippen molar-refractivity contribution in [2.24, 2.45) is 5.92 Å². The molecule has 3 aromatic heterocycles. The lowest BCUT2D eigenvalue weighted by molar-refractivity contribution is 0.208. The standard InChI is InChI=1S/C18H19N5OS/c24-12-13-3-1-7-23(11-13)18-21-9-14(15-10-19-5-6-20-15)17(22-18)16-4-2-8-25-16/h2,4-6,8-10,13,24H,1,3,7,11-12H2/t13-/m1/s1. The van der Waals surface area contributed by atoms with Crippen LogP contribution in [-0.2, 0) is 0 Å². The molecule has 0 aromatic carbocycles. The van der Waals surface area contributed by atoms with Crippen LogP contribution in [0.4, 0.5) is 5.95 Å². The van der Waals surface area contributed by atoms with Gasteiger partial charge in [-0.15, -0.1) is 11.3 Å². The lowest BCUT2D eigenvalue weighted by Gasteiger charge is -2.32. The van der Waals surface area contributed by atoms with Crippen molar-refractivity contribution in [1.29, 1.82) is 0 Å². The molecule has 128 valence electrons. The van der Waals surface area contributed by atoms with Gasteiger partial charge in [-0.1, -0.05) is 6.07 Å². The molecular weight excluding hydrogens is 334 g/mol. The van der Waals surface area contributed by atoms with Gasteiger partial charge in [0.2, 0.25) is 5.95 Å². The summed E-state index contributed by atoms with van der Waals surface area (Å²) in [7, 11) is 0. The minimum atomic E-state index is 0.214. The molecular formula is C18H19N5OS. The SMILES string of the molecule is OC[C@@H]1CCCN(c2ncc(-c3cnccn3)c(-c3cccs3)n2)C1. The van der Waals surface area contributed by atoms with E-state index in [0.29, 0.717) is 11.9 Å². The zero-order chi connectivity index (χ0) is 17.1. The lowest BCUT2D eigenvalue weighted by Crippen LogP contribution is -2.37. The molecule has 0 amide bonds. The second kappa shape index (κ2) is 7.25. The quantitative estimate of drug-likeness (QED) is 0.777. The molecule has 25 heavy (non-hydrogen) atoms. The Balaban J connectivity index is 1.75. The van der Waals surface area contributed by atoms with Crippen LogP contribution >= 0.6 is 11.3 Å². The van der Waals surface area contributed by atoms with E-state index in [9.17, 15) is 5.11 Å². The average molecular weight is 353 g/mol. The third-order valence-corrected chi connectivity index (χ3v) is 5.31. The Morgan fingerprint density at radius 3 is 2.96 bits per heavy atom. The maximum Gasteiger partial charge on any atom is 0.225 e. The smallest absolute Gasteiger partial charge is 0.225 e. The summed E-state index contributed by atoms with van der Waals surface area (Å²) in [4.78, 5) is 21.3. The lowest BCUT2D eigenvalue weighted by atomic mass is 9.99. The van der Waals surface area contributed by atoms with E-state index in [4.69, 9.17) is 4.98 Å². The van der Waals surface area contributed by atoms with Crippen LogP contribution < -0.4 is 4.90 Å². The summed E-state index contributed by atoms with van der Waals surface area (Å²) in [6.45, 7) is 1.93. The van der Waals surface area contributed by atoms with Gasteiger partial charge in [-0.05, 0) is 30.2 Å². The molecule has 7 heteroatoms. The van der Waals surface area contributed by atoms with Crippen molar-refractivity contribution in [3.8, 4) is 21.8 Å². The number of piperidine rings is 1. The zero-order valence-corrected chi connectivity index (χ0v) is 14.6. The molecule has 1 aliphatic rings. The highest BCUT2D eigenvalue weighted by atomic mass is 32.1. The predicted octanol–water partition coefficient (Wildman–Crippen LogP) is 2.87. The first kappa shape index (κ1) is 16.1. The van der Waals surface area contributed by atoms with Crippen LogP contribution in [0.15, 0.2) is 42.3 Å². The van der Waals surface area contributed by atoms with Gasteiger partial charge >= 0.3 is 0 Å². The van der Waals surface area contributed by atoms with Gasteiger partial charge in [0.1, 0.15) is 0 Å². The minimum Gasteiger partial charge on any atom is -0.396 e. The Labute approximate surface area is 150 Å². The molecule has 4 heterocycles. The normalized spacial score (nSPS) is 17.6. The van der Waals surface area contributed by atoms with Crippen LogP contribution in [0.2, 0.25) is 0 Å². The number of aliphatic hydroxyl groups excluding tert-OH is 1. The third-order valence-electron chi connectivity index (χ3n) is 4.43. The van der Waals surface area contributed by atoms with Crippen molar-refractivity contribution in [2.75, 3.05) is 24.6 Å². The molecule has 0 saturated carbocycles. The van der Waals surface area contributed by atoms with E-state index in [-0.39, 0.29) is 6.61 Å². The predicted molar refractivity (Wildman–Crippen MR) is 98.4 cm³/mol. The van der Waals surface area contributed by atoms with Gasteiger partial charge in [0.05, 0.1) is 22.5 Å². The third kappa shape index (κ3) is 3.38. The fourth-order valence-electron chi connectivity index (χ4n) is 3.15. The highest BCUT2D eigenvalue weighted by Gasteiger charge is 2.23. The number of thiophene rings is 1. The molecule has 1 aliphatic heterocycles. The molecule has 1 atom stereocenters. The molecule has 4 rings (SSSR count). The number of anilines is 1. The van der Waals surface area contributed by atoms with Crippen molar-refractivity contribution in [3.63, 3.8) is 0 Å². The minimum absolute atomic E-state index is 0.214. The molecule has 0 radical (unpaired) electrons. The van der Waals surface area contributed by atoms with Gasteiger partial charge in [-0.25, -0.2) is 9.97 Å². The largest absolute Gasteiger partial charge is 0.396 e. The first-order chi connectivity index (χ1) is 12.3. The second-order valence-electron chi connectivity index (χ2n) is 6.14. The van der Waals surface area contributed by atoms with Gasteiger partial charge < -0.3 is 10.0 Å². The van der Waals surface area contributed by atoms with Crippen molar-refractivity contribution in [3.05, 3.63) is 42.3 Å². The topological polar surface area (TPSA) is 75.0 Å². The van der Waals surface area contributed by atoms with Crippen LogP contribution in [0.1, 0.15) is 12.8 Å². The number of rotatable bonds is 4. The highest BCUT2D eigenvalue weighted by molar-refractivity contribution is 7.13. The van der Waals surface area contributed by atoms with Crippen molar-refractivity contribution < 1.29 is 5.11 Å². The number of hydrogen-bond acceptors (Lipinski definition) is 7. The van der Waals surface area contributed by atoms with E-state index in [1.807, 2.05) is 17.6 Å². The number of aromatic nitrogens is 4. The van der Waals surface area contributed by atoms with E-state index in [2.05, 4.69) is 25.9 Å². The fourth-order valence-corrected chi connectivity index (χ4v) is 3.88. The molecule has 0 spiro atoms. The summed E-state index contributed by atoms with van der Waals surface area (Å²) in [5.74, 6) is 1.01. The maximum atomic E-state index is 9.47. The first-order valence-corrected chi connectivity index (χ1v) is 9.26. The Hall–Kier alpha value is -2.38. The van der Waals surface area contributed by atoms with E-state index >= 15 is 0 Å². The Bertz CT molecular complexity index is 825. The summed E-state index contributed by atoms with van der Waals surface area (Å²) in [6.07, 6.45) is 9.02. The van der Waals surface area contributed by atoms with Gasteiger partial charge in [0.25, 0.3) is 0 Å². The summed E-state index contributed by atoms with van der Waals surface area (Å²) in [5, 5.41) is 11.5. The van der Waals surface area contributed by atoms with E-state index < -0.39 is 0 Å². The fraction of sp³-hybridized carbons (Fsp3) is 0.333. The molecule has 0 unspecified atom stereocenters. The molecule has 0 bridgehead atoms. The number of aliphatic hydroxyl groups is 1. The number of nitrogens with zero attached hydrogens (tertiary/aromatic N) is 5. The molecule has 1 fully saturated rings. The van der Waals surface area contributed by atoms with Crippen LogP contribution in [0.25, 0.3) is 21.8 Å². The Morgan fingerprint density at radius 2 is 2.20 bits per heavy atom. The van der Waals surface area contributed by atoms with Gasteiger partial charge in [0.15, 0.2) is 0 Å². The molecule has 0 aliphatic carbocycles. The van der Waals surface area contributed by atoms with E-state index in [1.54, 1.807) is 29.9 Å². The zero-order valence-electron chi connectivity index (χ0n) is 13.7. The van der Waals surface area contributed by atoms with Gasteiger partial charge in [-0.2, -0.15) is 0 Å². The Kier molecular flexibility index (Phi) is 4.67. The molecule has 6 nitrogen and oxygen atoms in total. The summed E-state index contributed by atoms with van der Waals surface area (Å²) in [6, 6.07) is 4.08. The van der Waals surface area contributed by atoms with Crippen LogP contribution in [-0.4, -0.2) is 44.7 Å². The van der Waals surface area contributed by atoms with Crippen molar-refractivity contribution in [2.45, 2.75) is 12.8 Å². The van der Waals surface area contributed by atoms with Crippen LogP contribution in [0.5, 0.6) is 0 Å². The second-order valence-corrected chi connectivity index (χ2v) is 7.08. The van der Waals surface area contributed by atoms with Crippen molar-refractivity contribution in [1.82, 2.24) is 19.9 Å². The molecule has 3 aromatic rings. The van der Waals surface area contributed by atoms with Gasteiger partial charge in [0, 0.05) is 43.9 Å². The average Bonchev–Trinajstić information content (AvgIpc) is 3.23. The van der Waals surface area contributed by atoms with Crippen molar-refractivity contribution >= 4 is 17.3 Å². The monoisotopic (exact) mass is 353 g/mol. The highest BCUT2D eigenvalue weighted by Crippen LogP contribution is 2.33. The maximum absolute atomic E-state index is 9.47. The molecule has 1 saturated heterocycles. The first-order valence-electron chi connectivity index (χ1n) is 8.38. The van der Waals surface area contributed by atoms with Gasteiger partial charge in [-0.3, -0.25) is 9.97 Å². The summed E-state index contributed by atoms with van der Waals surface area (Å²) in [5.41, 5.74) is 2.53. The van der Waals surface area contributed by atoms with Crippen LogP contribution in [0.3, 0.4) is 0 Å². The molecule has 1 N–H and O–H groups in total. The summed E-state index contributed by atoms with van der Waals surface area (Å²) >= 11 is 1.65. The van der Waals surface area contributed by atoms with E-state index in [0.717, 1.165) is 47.8 Å². The van der Waals surface area contributed by atoms with Crippen LogP contribution in [0, 0.1) is 5.92 Å². The summed E-state index contributed by atoms with van der Waals surface area (Å²) < 4.78 is 0.